The number of fused-ring (bicyclic) bond motifs is 1. The first-order chi connectivity index (χ1) is 9.08. The van der Waals surface area contributed by atoms with Crippen molar-refractivity contribution in [2.24, 2.45) is 0 Å². The number of para-hydroxylation sites is 1. The van der Waals surface area contributed by atoms with Gasteiger partial charge in [0.15, 0.2) is 11.1 Å². The number of thioether (sulfide) groups is 1. The van der Waals surface area contributed by atoms with Gasteiger partial charge in [0.1, 0.15) is 0 Å². The summed E-state index contributed by atoms with van der Waals surface area (Å²) in [5.41, 5.74) is 0.342. The van der Waals surface area contributed by atoms with Crippen LogP contribution >= 0.6 is 11.8 Å². The highest BCUT2D eigenvalue weighted by molar-refractivity contribution is 7.99. The van der Waals surface area contributed by atoms with Crippen LogP contribution in [0.25, 0.3) is 11.1 Å². The predicted octanol–water partition coefficient (Wildman–Crippen LogP) is 4.00. The maximum atomic E-state index is 11.8. The lowest BCUT2D eigenvalue weighted by Crippen LogP contribution is -1.88. The molecule has 1 aromatic heterocycles. The van der Waals surface area contributed by atoms with E-state index in [1.165, 1.54) is 12.1 Å². The fourth-order valence-corrected chi connectivity index (χ4v) is 2.15. The molecule has 19 heavy (non-hydrogen) atoms. The maximum Gasteiger partial charge on any atom is 0.298 e. The molecule has 8 heteroatoms. The first-order valence-corrected chi connectivity index (χ1v) is 6.24. The number of benzene rings is 1. The molecule has 0 saturated heterocycles. The summed E-state index contributed by atoms with van der Waals surface area (Å²) < 4.78 is 28.9. The Morgan fingerprint density at radius 3 is 3.00 bits per heavy atom. The molecule has 1 aromatic carbocycles. The van der Waals surface area contributed by atoms with Crippen molar-refractivity contribution >= 4 is 28.5 Å². The third-order valence-corrected chi connectivity index (χ3v) is 3.08. The first-order valence-electron chi connectivity index (χ1n) is 5.26. The van der Waals surface area contributed by atoms with Crippen molar-refractivity contribution in [2.75, 3.05) is 5.75 Å². The summed E-state index contributed by atoms with van der Waals surface area (Å²) in [6, 6.07) is 4.41. The molecule has 0 atom stereocenters. The number of non-ortho nitro benzene ring substituents is 1. The smallest absolute Gasteiger partial charge is 0.298 e. The van der Waals surface area contributed by atoms with Crippen LogP contribution in [0.15, 0.2) is 40.0 Å². The minimum atomic E-state index is -1.73. The topological polar surface area (TPSA) is 69.2 Å². The molecule has 0 fully saturated rings. The number of halogens is 2. The largest absolute Gasteiger partial charge is 0.431 e. The quantitative estimate of drug-likeness (QED) is 0.359. The van der Waals surface area contributed by atoms with Crippen molar-refractivity contribution in [3.63, 3.8) is 0 Å². The molecule has 0 N–H and O–H groups in total. The van der Waals surface area contributed by atoms with Crippen molar-refractivity contribution in [3.8, 4) is 0 Å². The lowest BCUT2D eigenvalue weighted by molar-refractivity contribution is -0.383. The Balaban J connectivity index is 2.15. The zero-order valence-electron chi connectivity index (χ0n) is 9.51. The molecule has 0 bridgehead atoms. The van der Waals surface area contributed by atoms with E-state index in [1.54, 1.807) is 6.07 Å². The summed E-state index contributed by atoms with van der Waals surface area (Å²) in [6.45, 7) is 0. The summed E-state index contributed by atoms with van der Waals surface area (Å²) in [6.07, 6.45) is -0.750. The van der Waals surface area contributed by atoms with E-state index in [4.69, 9.17) is 4.42 Å². The van der Waals surface area contributed by atoms with E-state index >= 15 is 0 Å². The second kappa shape index (κ2) is 5.79. The Kier molecular flexibility index (Phi) is 4.10. The normalized spacial score (nSPS) is 10.6. The van der Waals surface area contributed by atoms with Crippen molar-refractivity contribution < 1.29 is 18.1 Å². The van der Waals surface area contributed by atoms with E-state index in [0.717, 1.165) is 17.8 Å². The Morgan fingerprint density at radius 1 is 1.53 bits per heavy atom. The number of oxazole rings is 1. The second-order valence-corrected chi connectivity index (χ2v) is 4.54. The number of aromatic nitrogens is 1. The van der Waals surface area contributed by atoms with Gasteiger partial charge in [0.05, 0.1) is 4.92 Å². The summed E-state index contributed by atoms with van der Waals surface area (Å²) in [7, 11) is 0. The number of hydrogen-bond donors (Lipinski definition) is 0. The van der Waals surface area contributed by atoms with Crippen LogP contribution in [0.2, 0.25) is 0 Å². The minimum Gasteiger partial charge on any atom is -0.431 e. The van der Waals surface area contributed by atoms with Gasteiger partial charge in [0, 0.05) is 11.8 Å². The van der Waals surface area contributed by atoms with Crippen LogP contribution in [0.3, 0.4) is 0 Å². The number of nitrogens with zero attached hydrogens (tertiary/aromatic N) is 2. The highest BCUT2D eigenvalue weighted by Gasteiger charge is 2.17. The van der Waals surface area contributed by atoms with E-state index in [0.29, 0.717) is 11.3 Å². The van der Waals surface area contributed by atoms with Crippen LogP contribution in [0.1, 0.15) is 6.42 Å². The standard InChI is InChI=1S/C11H8F2N2O3S/c12-9(13)5-2-6-19-11-14-10-7(15(16)17)3-1-4-8(10)18-11/h1,3-5H,2,6H2. The zero-order chi connectivity index (χ0) is 13.8. The summed E-state index contributed by atoms with van der Waals surface area (Å²) in [5, 5.41) is 11.0. The number of hydrogen-bond acceptors (Lipinski definition) is 5. The molecule has 2 rings (SSSR count). The van der Waals surface area contributed by atoms with Gasteiger partial charge in [0.25, 0.3) is 17.0 Å². The number of allylic oxidation sites excluding steroid dienone is 1. The van der Waals surface area contributed by atoms with Crippen molar-refractivity contribution in [3.05, 3.63) is 40.5 Å². The Labute approximate surface area is 110 Å². The van der Waals surface area contributed by atoms with Gasteiger partial charge < -0.3 is 4.42 Å². The molecular weight excluding hydrogens is 278 g/mol. The highest BCUT2D eigenvalue weighted by Crippen LogP contribution is 2.29. The van der Waals surface area contributed by atoms with Gasteiger partial charge in [0.2, 0.25) is 0 Å². The van der Waals surface area contributed by atoms with Crippen LogP contribution in [0, 0.1) is 10.1 Å². The molecule has 0 unspecified atom stereocenters. The molecule has 0 radical (unpaired) electrons. The second-order valence-electron chi connectivity index (χ2n) is 3.49. The van der Waals surface area contributed by atoms with Crippen LogP contribution in [-0.2, 0) is 0 Å². The zero-order valence-corrected chi connectivity index (χ0v) is 10.3. The third-order valence-electron chi connectivity index (χ3n) is 2.22. The molecule has 2 aromatic rings. The van der Waals surface area contributed by atoms with Crippen molar-refractivity contribution in [2.45, 2.75) is 11.6 Å². The van der Waals surface area contributed by atoms with Crippen molar-refractivity contribution in [1.82, 2.24) is 4.98 Å². The first kappa shape index (κ1) is 13.5. The molecule has 0 aliphatic carbocycles. The van der Waals surface area contributed by atoms with Crippen LogP contribution in [-0.4, -0.2) is 15.7 Å². The van der Waals surface area contributed by atoms with Crippen LogP contribution in [0.5, 0.6) is 0 Å². The molecule has 0 aliphatic rings. The molecular formula is C11H8F2N2O3S. The van der Waals surface area contributed by atoms with E-state index in [2.05, 4.69) is 4.98 Å². The number of rotatable bonds is 5. The average molecular weight is 286 g/mol. The van der Waals surface area contributed by atoms with E-state index in [-0.39, 0.29) is 22.8 Å². The Morgan fingerprint density at radius 2 is 2.32 bits per heavy atom. The predicted molar refractivity (Wildman–Crippen MR) is 66.3 cm³/mol. The Bertz CT molecular complexity index is 638. The molecule has 0 saturated carbocycles. The Hall–Kier alpha value is -1.96. The van der Waals surface area contributed by atoms with Gasteiger partial charge in [-0.1, -0.05) is 17.8 Å². The van der Waals surface area contributed by atoms with Gasteiger partial charge in [-0.25, -0.2) is 0 Å². The summed E-state index contributed by atoms with van der Waals surface area (Å²) in [4.78, 5) is 14.2. The van der Waals surface area contributed by atoms with Crippen LogP contribution in [0.4, 0.5) is 14.5 Å². The van der Waals surface area contributed by atoms with E-state index < -0.39 is 11.0 Å². The molecule has 1 heterocycles. The lowest BCUT2D eigenvalue weighted by atomic mass is 10.3. The number of nitro groups is 1. The van der Waals surface area contributed by atoms with Gasteiger partial charge in [-0.15, -0.1) is 0 Å². The minimum absolute atomic E-state index is 0.136. The monoisotopic (exact) mass is 286 g/mol. The van der Waals surface area contributed by atoms with Gasteiger partial charge in [-0.05, 0) is 18.6 Å². The van der Waals surface area contributed by atoms with E-state index in [1.807, 2.05) is 0 Å². The van der Waals surface area contributed by atoms with E-state index in [9.17, 15) is 18.9 Å². The summed E-state index contributed by atoms with van der Waals surface area (Å²) >= 11 is 1.13. The van der Waals surface area contributed by atoms with Gasteiger partial charge in [-0.3, -0.25) is 10.1 Å². The lowest BCUT2D eigenvalue weighted by Gasteiger charge is -1.90. The maximum absolute atomic E-state index is 11.8. The van der Waals surface area contributed by atoms with Crippen LogP contribution < -0.4 is 0 Å². The molecule has 100 valence electrons. The van der Waals surface area contributed by atoms with Crippen molar-refractivity contribution in [1.29, 1.82) is 0 Å². The third kappa shape index (κ3) is 3.28. The SMILES string of the molecule is O=[N+]([O-])c1cccc2oc(SCCC=C(F)F)nc12. The number of nitro benzene ring substituents is 1. The summed E-state index contributed by atoms with van der Waals surface area (Å²) in [5.74, 6) is 0.359. The fraction of sp³-hybridized carbons (Fsp3) is 0.182. The fourth-order valence-electron chi connectivity index (χ4n) is 1.44. The average Bonchev–Trinajstić information content (AvgIpc) is 2.76. The molecule has 5 nitrogen and oxygen atoms in total. The molecule has 0 spiro atoms. The van der Waals surface area contributed by atoms with Gasteiger partial charge >= 0.3 is 0 Å². The molecule has 0 aliphatic heterocycles. The highest BCUT2D eigenvalue weighted by atomic mass is 32.2. The van der Waals surface area contributed by atoms with Gasteiger partial charge in [-0.2, -0.15) is 13.8 Å². The molecule has 0 amide bonds.